The number of aromatic nitrogens is 1. The number of nitrogens with zero attached hydrogens (tertiary/aromatic N) is 1. The van der Waals surface area contributed by atoms with Crippen LogP contribution < -0.4 is 5.73 Å². The fraction of sp³-hybridized carbons (Fsp3) is 0.0968. The van der Waals surface area contributed by atoms with Crippen LogP contribution in [0.4, 0.5) is 5.69 Å². The van der Waals surface area contributed by atoms with Crippen LogP contribution in [-0.2, 0) is 6.42 Å². The molecule has 34 heavy (non-hydrogen) atoms. The highest BCUT2D eigenvalue weighted by atomic mass is 32.1. The third-order valence-corrected chi connectivity index (χ3v) is 8.10. The van der Waals surface area contributed by atoms with Gasteiger partial charge in [-0.15, -0.1) is 11.3 Å². The first-order valence-electron chi connectivity index (χ1n) is 11.6. The number of nitrogens with two attached hydrogens (primary N) is 1. The summed E-state index contributed by atoms with van der Waals surface area (Å²) in [4.78, 5) is 0. The minimum Gasteiger partial charge on any atom is -0.399 e. The van der Waals surface area contributed by atoms with Crippen LogP contribution in [0.25, 0.3) is 54.0 Å². The molecule has 0 spiro atoms. The molecule has 0 bridgehead atoms. The van der Waals surface area contributed by atoms with Crippen molar-refractivity contribution >= 4 is 54.2 Å². The summed E-state index contributed by atoms with van der Waals surface area (Å²) in [6, 6.07) is 32.3. The third kappa shape index (κ3) is 2.83. The standard InChI is InChI=1S/C31H22N2S/c1-19-10-13-24-23-7-3-5-9-28(23)33(29(24)16-19)27-8-4-2-6-22(27)20-11-14-30-25(17-20)26-18-21(32)12-15-31(26)34-30/h3,5-15,17-19H,16,32H2,1H3. The van der Waals surface area contributed by atoms with Crippen molar-refractivity contribution < 1.29 is 0 Å². The number of thiophene rings is 1. The molecule has 0 aliphatic heterocycles. The van der Waals surface area contributed by atoms with Crippen LogP contribution in [0.1, 0.15) is 18.2 Å². The topological polar surface area (TPSA) is 30.9 Å². The van der Waals surface area contributed by atoms with Gasteiger partial charge in [0.05, 0.1) is 11.2 Å². The van der Waals surface area contributed by atoms with Gasteiger partial charge in [-0.25, -0.2) is 0 Å². The first kappa shape index (κ1) is 19.5. The third-order valence-electron chi connectivity index (χ3n) is 6.95. The quantitative estimate of drug-likeness (QED) is 0.264. The van der Waals surface area contributed by atoms with Crippen molar-refractivity contribution in [3.63, 3.8) is 0 Å². The van der Waals surface area contributed by atoms with Gasteiger partial charge in [-0.1, -0.05) is 55.5 Å². The zero-order chi connectivity index (χ0) is 22.8. The van der Waals surface area contributed by atoms with E-state index in [1.807, 2.05) is 17.4 Å². The molecular formula is C31H22N2S. The molecule has 6 aromatic rings. The molecule has 1 atom stereocenters. The number of allylic oxidation sites excluding steroid dienone is 1. The summed E-state index contributed by atoms with van der Waals surface area (Å²) >= 11 is 1.81. The van der Waals surface area contributed by atoms with Crippen molar-refractivity contribution in [3.05, 3.63) is 102 Å². The van der Waals surface area contributed by atoms with Crippen molar-refractivity contribution in [2.45, 2.75) is 13.3 Å². The molecule has 0 fully saturated rings. The summed E-state index contributed by atoms with van der Waals surface area (Å²) in [5, 5.41) is 3.77. The Kier molecular flexibility index (Phi) is 4.15. The number of rotatable bonds is 2. The van der Waals surface area contributed by atoms with Crippen molar-refractivity contribution in [1.82, 2.24) is 4.57 Å². The van der Waals surface area contributed by atoms with Gasteiger partial charge in [0.15, 0.2) is 0 Å². The fourth-order valence-electron chi connectivity index (χ4n) is 5.37. The van der Waals surface area contributed by atoms with Crippen LogP contribution in [0, 0.1) is 18.1 Å². The van der Waals surface area contributed by atoms with Gasteiger partial charge in [-0.2, -0.15) is 0 Å². The monoisotopic (exact) mass is 454 g/mol. The maximum absolute atomic E-state index is 6.13. The fourth-order valence-corrected chi connectivity index (χ4v) is 6.43. The van der Waals surface area contributed by atoms with Gasteiger partial charge in [-0.3, -0.25) is 0 Å². The van der Waals surface area contributed by atoms with Crippen LogP contribution in [-0.4, -0.2) is 4.57 Å². The molecule has 2 heterocycles. The molecule has 2 N–H and O–H groups in total. The lowest BCUT2D eigenvalue weighted by atomic mass is 9.94. The average molecular weight is 455 g/mol. The maximum atomic E-state index is 6.13. The van der Waals surface area contributed by atoms with E-state index in [0.717, 1.165) is 23.4 Å². The Morgan fingerprint density at radius 3 is 2.62 bits per heavy atom. The normalized spacial score (nSPS) is 15.1. The molecular weight excluding hydrogens is 432 g/mol. The Hall–Kier alpha value is -4.00. The van der Waals surface area contributed by atoms with Gasteiger partial charge in [0.1, 0.15) is 0 Å². The van der Waals surface area contributed by atoms with Crippen LogP contribution in [0.2, 0.25) is 0 Å². The second-order valence-electron chi connectivity index (χ2n) is 9.20. The van der Waals surface area contributed by atoms with Crippen molar-refractivity contribution in [2.75, 3.05) is 5.73 Å². The van der Waals surface area contributed by atoms with Crippen molar-refractivity contribution in [1.29, 1.82) is 0 Å². The van der Waals surface area contributed by atoms with Crippen LogP contribution >= 0.6 is 11.3 Å². The van der Waals surface area contributed by atoms with E-state index in [1.54, 1.807) is 0 Å². The second-order valence-corrected chi connectivity index (χ2v) is 10.3. The molecule has 2 aromatic heterocycles. The molecule has 0 radical (unpaired) electrons. The van der Waals surface area contributed by atoms with Gasteiger partial charge in [-0.05, 0) is 60.4 Å². The SMILES string of the molecule is CC1C=Cc2c(n(-c3cc#ccc3-c3ccc4sc5ccc(N)cc5c4c3)c3ccccc23)C1. The van der Waals surface area contributed by atoms with Crippen LogP contribution in [0.3, 0.4) is 0 Å². The van der Waals surface area contributed by atoms with E-state index >= 15 is 0 Å². The summed E-state index contributed by atoms with van der Waals surface area (Å²) in [5.41, 5.74) is 14.4. The summed E-state index contributed by atoms with van der Waals surface area (Å²) in [6.45, 7) is 2.29. The summed E-state index contributed by atoms with van der Waals surface area (Å²) in [6.07, 6.45) is 5.65. The van der Waals surface area contributed by atoms with E-state index in [0.29, 0.717) is 5.92 Å². The van der Waals surface area contributed by atoms with E-state index in [1.165, 1.54) is 47.9 Å². The molecule has 3 heteroatoms. The number of para-hydroxylation sites is 1. The lowest BCUT2D eigenvalue weighted by molar-refractivity contribution is 0.691. The van der Waals surface area contributed by atoms with E-state index in [-0.39, 0.29) is 0 Å². The summed E-state index contributed by atoms with van der Waals surface area (Å²) in [7, 11) is 0. The molecule has 1 aliphatic rings. The van der Waals surface area contributed by atoms with E-state index < -0.39 is 0 Å². The van der Waals surface area contributed by atoms with Crippen LogP contribution in [0.15, 0.2) is 78.9 Å². The Labute approximate surface area is 202 Å². The predicted octanol–water partition coefficient (Wildman–Crippen LogP) is 8.05. The van der Waals surface area contributed by atoms with E-state index in [9.17, 15) is 0 Å². The second kappa shape index (κ2) is 7.25. The van der Waals surface area contributed by atoms with Gasteiger partial charge >= 0.3 is 0 Å². The number of fused-ring (bicyclic) bond motifs is 6. The molecule has 162 valence electrons. The highest BCUT2D eigenvalue weighted by Crippen LogP contribution is 2.40. The van der Waals surface area contributed by atoms with Gasteiger partial charge in [0.2, 0.25) is 0 Å². The average Bonchev–Trinajstić information content (AvgIpc) is 3.38. The highest BCUT2D eigenvalue weighted by molar-refractivity contribution is 7.25. The highest BCUT2D eigenvalue weighted by Gasteiger charge is 2.22. The summed E-state index contributed by atoms with van der Waals surface area (Å²) in [5.74, 6) is 0.511. The van der Waals surface area contributed by atoms with Gasteiger partial charge < -0.3 is 10.3 Å². The molecule has 0 saturated carbocycles. The van der Waals surface area contributed by atoms with Crippen molar-refractivity contribution in [3.8, 4) is 16.8 Å². The Balaban J connectivity index is 1.50. The molecule has 1 unspecified atom stereocenters. The Bertz CT molecular complexity index is 1770. The molecule has 1 aliphatic carbocycles. The predicted molar refractivity (Wildman–Crippen MR) is 146 cm³/mol. The van der Waals surface area contributed by atoms with Gasteiger partial charge in [0, 0.05) is 54.1 Å². The minimum absolute atomic E-state index is 0.511. The zero-order valence-corrected chi connectivity index (χ0v) is 19.6. The number of anilines is 1. The van der Waals surface area contributed by atoms with E-state index in [4.69, 9.17) is 5.73 Å². The molecule has 0 saturated heterocycles. The first-order chi connectivity index (χ1) is 16.7. The molecule has 7 rings (SSSR count). The van der Waals surface area contributed by atoms with Crippen molar-refractivity contribution in [2.24, 2.45) is 5.92 Å². The molecule has 4 aromatic carbocycles. The first-order valence-corrected chi connectivity index (χ1v) is 12.4. The molecule has 0 amide bonds. The number of benzene rings is 3. The smallest absolute Gasteiger partial charge is 0.0627 e. The number of hydrogen-bond donors (Lipinski definition) is 1. The zero-order valence-electron chi connectivity index (χ0n) is 18.8. The Morgan fingerprint density at radius 1 is 0.912 bits per heavy atom. The number of nitrogen functional groups attached to an aromatic ring is 1. The van der Waals surface area contributed by atoms with E-state index in [2.05, 4.69) is 103 Å². The maximum Gasteiger partial charge on any atom is 0.0627 e. The minimum atomic E-state index is 0.511. The lowest BCUT2D eigenvalue weighted by Gasteiger charge is -2.19. The lowest BCUT2D eigenvalue weighted by Crippen LogP contribution is -2.09. The molecule has 2 nitrogen and oxygen atoms in total. The Morgan fingerprint density at radius 2 is 1.71 bits per heavy atom. The van der Waals surface area contributed by atoms with Gasteiger partial charge in [0.25, 0.3) is 0 Å². The largest absolute Gasteiger partial charge is 0.399 e. The van der Waals surface area contributed by atoms with Crippen LogP contribution in [0.5, 0.6) is 0 Å². The summed E-state index contributed by atoms with van der Waals surface area (Å²) < 4.78 is 4.99. The number of hydrogen-bond acceptors (Lipinski definition) is 2.